The lowest BCUT2D eigenvalue weighted by molar-refractivity contribution is -0.384. The van der Waals surface area contributed by atoms with Crippen molar-refractivity contribution in [2.24, 2.45) is 0 Å². The Hall–Kier alpha value is -3.11. The zero-order chi connectivity index (χ0) is 24.0. The standard InChI is InChI=1S/C22H24ClN5O4S/c1-4-15-6-9-17(10-7-15)32-14(3)21-25-26-22(27(21)5-2)33-13-20(29)24-19-12-16(28(30)31)8-11-18(19)23/h6-12,14H,4-5,13H2,1-3H3,(H,24,29)/t14-/m0/s1. The molecule has 33 heavy (non-hydrogen) atoms. The van der Waals surface area contributed by atoms with Gasteiger partial charge in [-0.3, -0.25) is 14.9 Å². The number of non-ortho nitro benzene ring substituents is 1. The van der Waals surface area contributed by atoms with Gasteiger partial charge in [-0.25, -0.2) is 0 Å². The van der Waals surface area contributed by atoms with Crippen LogP contribution in [0.5, 0.6) is 5.75 Å². The van der Waals surface area contributed by atoms with Gasteiger partial charge in [0.25, 0.3) is 5.69 Å². The zero-order valence-electron chi connectivity index (χ0n) is 18.4. The molecule has 0 bridgehead atoms. The van der Waals surface area contributed by atoms with Gasteiger partial charge >= 0.3 is 0 Å². The second kappa shape index (κ2) is 11.2. The number of carbonyl (C=O) groups is 1. The molecule has 0 saturated carbocycles. The number of anilines is 1. The van der Waals surface area contributed by atoms with Crippen molar-refractivity contribution in [1.29, 1.82) is 0 Å². The second-order valence-electron chi connectivity index (χ2n) is 7.10. The molecule has 0 aliphatic carbocycles. The van der Waals surface area contributed by atoms with Crippen LogP contribution in [0.3, 0.4) is 0 Å². The quantitative estimate of drug-likeness (QED) is 0.234. The lowest BCUT2D eigenvalue weighted by atomic mass is 10.2. The Balaban J connectivity index is 1.64. The average molecular weight is 490 g/mol. The number of aromatic nitrogens is 3. The Bertz CT molecular complexity index is 1140. The highest BCUT2D eigenvalue weighted by atomic mass is 35.5. The Morgan fingerprint density at radius 3 is 2.61 bits per heavy atom. The summed E-state index contributed by atoms with van der Waals surface area (Å²) in [6, 6.07) is 11.8. The third kappa shape index (κ3) is 6.23. The Labute approximate surface area is 200 Å². The molecule has 1 heterocycles. The van der Waals surface area contributed by atoms with Crippen LogP contribution >= 0.6 is 23.4 Å². The van der Waals surface area contributed by atoms with E-state index in [0.29, 0.717) is 17.5 Å². The molecule has 11 heteroatoms. The average Bonchev–Trinajstić information content (AvgIpc) is 3.22. The minimum Gasteiger partial charge on any atom is -0.483 e. The highest BCUT2D eigenvalue weighted by Gasteiger charge is 2.20. The van der Waals surface area contributed by atoms with Crippen LogP contribution in [0.1, 0.15) is 38.3 Å². The van der Waals surface area contributed by atoms with E-state index in [1.54, 1.807) is 0 Å². The predicted molar refractivity (Wildman–Crippen MR) is 128 cm³/mol. The number of halogens is 1. The van der Waals surface area contributed by atoms with Crippen LogP contribution in [0.15, 0.2) is 47.6 Å². The summed E-state index contributed by atoms with van der Waals surface area (Å²) < 4.78 is 7.91. The number of benzene rings is 2. The summed E-state index contributed by atoms with van der Waals surface area (Å²) >= 11 is 7.26. The molecule has 0 fully saturated rings. The molecule has 0 saturated heterocycles. The van der Waals surface area contributed by atoms with Crippen LogP contribution in [0.2, 0.25) is 5.02 Å². The number of thioether (sulfide) groups is 1. The number of rotatable bonds is 10. The van der Waals surface area contributed by atoms with E-state index in [-0.39, 0.29) is 34.2 Å². The van der Waals surface area contributed by atoms with Crippen molar-refractivity contribution in [2.75, 3.05) is 11.1 Å². The summed E-state index contributed by atoms with van der Waals surface area (Å²) in [5.41, 5.74) is 1.26. The minimum absolute atomic E-state index is 0.0326. The van der Waals surface area contributed by atoms with Crippen molar-refractivity contribution in [3.05, 3.63) is 69.0 Å². The van der Waals surface area contributed by atoms with Gasteiger partial charge in [0, 0.05) is 18.7 Å². The molecule has 0 aliphatic heterocycles. The summed E-state index contributed by atoms with van der Waals surface area (Å²) in [5, 5.41) is 22.8. The van der Waals surface area contributed by atoms with E-state index in [1.165, 1.54) is 35.5 Å². The lowest BCUT2D eigenvalue weighted by Gasteiger charge is -2.16. The minimum atomic E-state index is -0.548. The molecule has 9 nitrogen and oxygen atoms in total. The largest absolute Gasteiger partial charge is 0.483 e. The second-order valence-corrected chi connectivity index (χ2v) is 8.45. The molecule has 174 valence electrons. The number of nitrogens with zero attached hydrogens (tertiary/aromatic N) is 4. The van der Waals surface area contributed by atoms with Crippen LogP contribution in [-0.4, -0.2) is 31.3 Å². The topological polar surface area (TPSA) is 112 Å². The highest BCUT2D eigenvalue weighted by Crippen LogP contribution is 2.28. The normalized spacial score (nSPS) is 11.8. The maximum Gasteiger partial charge on any atom is 0.271 e. The van der Waals surface area contributed by atoms with Crippen molar-refractivity contribution in [1.82, 2.24) is 14.8 Å². The highest BCUT2D eigenvalue weighted by molar-refractivity contribution is 7.99. The van der Waals surface area contributed by atoms with Gasteiger partial charge in [0.05, 0.1) is 21.4 Å². The third-order valence-electron chi connectivity index (χ3n) is 4.84. The summed E-state index contributed by atoms with van der Waals surface area (Å²) in [5.74, 6) is 1.06. The number of aryl methyl sites for hydroxylation is 1. The third-order valence-corrected chi connectivity index (χ3v) is 6.13. The molecular weight excluding hydrogens is 466 g/mol. The van der Waals surface area contributed by atoms with Crippen LogP contribution in [0.4, 0.5) is 11.4 Å². The number of nitrogens with one attached hydrogen (secondary N) is 1. The van der Waals surface area contributed by atoms with E-state index in [0.717, 1.165) is 12.2 Å². The summed E-state index contributed by atoms with van der Waals surface area (Å²) in [6.45, 7) is 6.56. The van der Waals surface area contributed by atoms with Gasteiger partial charge in [-0.2, -0.15) is 0 Å². The molecule has 2 aromatic carbocycles. The first-order valence-electron chi connectivity index (χ1n) is 10.4. The smallest absolute Gasteiger partial charge is 0.271 e. The lowest BCUT2D eigenvalue weighted by Crippen LogP contribution is -2.16. The molecule has 0 radical (unpaired) electrons. The number of hydrogen-bond donors (Lipinski definition) is 1. The van der Waals surface area contributed by atoms with Gasteiger partial charge in [-0.15, -0.1) is 10.2 Å². The monoisotopic (exact) mass is 489 g/mol. The number of hydrogen-bond acceptors (Lipinski definition) is 7. The molecule has 1 N–H and O–H groups in total. The fourth-order valence-corrected chi connectivity index (χ4v) is 4.08. The van der Waals surface area contributed by atoms with E-state index >= 15 is 0 Å². The van der Waals surface area contributed by atoms with E-state index < -0.39 is 4.92 Å². The summed E-state index contributed by atoms with van der Waals surface area (Å²) in [7, 11) is 0. The van der Waals surface area contributed by atoms with E-state index in [4.69, 9.17) is 16.3 Å². The van der Waals surface area contributed by atoms with E-state index in [2.05, 4.69) is 22.4 Å². The Morgan fingerprint density at radius 2 is 1.97 bits per heavy atom. The fraction of sp³-hybridized carbons (Fsp3) is 0.318. The van der Waals surface area contributed by atoms with Crippen molar-refractivity contribution < 1.29 is 14.5 Å². The molecule has 3 aromatic rings. The zero-order valence-corrected chi connectivity index (χ0v) is 20.0. The number of nitro groups is 1. The first kappa shape index (κ1) is 24.5. The number of amides is 1. The summed E-state index contributed by atoms with van der Waals surface area (Å²) in [6.07, 6.45) is 0.624. The van der Waals surface area contributed by atoms with Crippen molar-refractivity contribution in [3.63, 3.8) is 0 Å². The van der Waals surface area contributed by atoms with Gasteiger partial charge in [-0.05, 0) is 44.0 Å². The predicted octanol–water partition coefficient (Wildman–Crippen LogP) is 5.29. The Kier molecular flexibility index (Phi) is 8.29. The molecule has 0 aliphatic rings. The van der Waals surface area contributed by atoms with Crippen molar-refractivity contribution >= 4 is 40.6 Å². The number of nitro benzene ring substituents is 1. The van der Waals surface area contributed by atoms with Gasteiger partial charge in [-0.1, -0.05) is 42.4 Å². The van der Waals surface area contributed by atoms with Gasteiger partial charge in [0.1, 0.15) is 5.75 Å². The molecule has 1 aromatic heterocycles. The molecular formula is C22H24ClN5O4S. The maximum atomic E-state index is 12.4. The van der Waals surface area contributed by atoms with Gasteiger partial charge in [0.2, 0.25) is 5.91 Å². The molecule has 1 atom stereocenters. The van der Waals surface area contributed by atoms with Gasteiger partial charge < -0.3 is 14.6 Å². The van der Waals surface area contributed by atoms with Crippen LogP contribution in [-0.2, 0) is 17.8 Å². The Morgan fingerprint density at radius 1 is 1.24 bits per heavy atom. The SMILES string of the molecule is CCc1ccc(O[C@@H](C)c2nnc(SCC(=O)Nc3cc([N+](=O)[O-])ccc3Cl)n2CC)cc1. The molecule has 3 rings (SSSR count). The van der Waals surface area contributed by atoms with Crippen LogP contribution in [0, 0.1) is 10.1 Å². The van der Waals surface area contributed by atoms with Crippen molar-refractivity contribution in [3.8, 4) is 5.75 Å². The fourth-order valence-electron chi connectivity index (χ4n) is 3.10. The van der Waals surface area contributed by atoms with Crippen LogP contribution < -0.4 is 10.1 Å². The van der Waals surface area contributed by atoms with E-state index in [9.17, 15) is 14.9 Å². The molecule has 0 unspecified atom stereocenters. The van der Waals surface area contributed by atoms with E-state index in [1.807, 2.05) is 42.7 Å². The molecule has 1 amide bonds. The first-order chi connectivity index (χ1) is 15.8. The maximum absolute atomic E-state index is 12.4. The van der Waals surface area contributed by atoms with Gasteiger partial charge in [0.15, 0.2) is 17.1 Å². The molecule has 0 spiro atoms. The number of ether oxygens (including phenoxy) is 1. The number of carbonyl (C=O) groups excluding carboxylic acids is 1. The first-order valence-corrected chi connectivity index (χ1v) is 11.7. The summed E-state index contributed by atoms with van der Waals surface area (Å²) in [4.78, 5) is 22.8. The van der Waals surface area contributed by atoms with Crippen LogP contribution in [0.25, 0.3) is 0 Å². The van der Waals surface area contributed by atoms with Crippen molar-refractivity contribution in [2.45, 2.75) is 45.0 Å².